The molecule has 0 aromatic heterocycles. The Balaban J connectivity index is 1.90. The molecule has 0 aliphatic carbocycles. The summed E-state index contributed by atoms with van der Waals surface area (Å²) >= 11 is 0. The zero-order valence-electron chi connectivity index (χ0n) is 13.4. The topological polar surface area (TPSA) is 87.9 Å². The van der Waals surface area contributed by atoms with E-state index in [1.165, 1.54) is 31.4 Å². The second-order valence-electron chi connectivity index (χ2n) is 4.94. The molecule has 0 fully saturated rings. The number of aryl methyl sites for hydroxylation is 1. The maximum atomic E-state index is 11.7. The fraction of sp³-hybridized carbons (Fsp3) is 0.235. The first-order chi connectivity index (χ1) is 11.5. The Morgan fingerprint density at radius 1 is 1.08 bits per heavy atom. The molecular formula is C17H17NO6. The average molecular weight is 331 g/mol. The molecule has 0 radical (unpaired) electrons. The first kappa shape index (κ1) is 17.3. The molecule has 0 spiro atoms. The van der Waals surface area contributed by atoms with Crippen LogP contribution in [-0.2, 0) is 4.74 Å². The molecule has 0 saturated carbocycles. The van der Waals surface area contributed by atoms with Crippen molar-refractivity contribution in [1.82, 2.24) is 0 Å². The number of carbonyl (C=O) groups excluding carboxylic acids is 1. The minimum absolute atomic E-state index is 0.000903. The zero-order chi connectivity index (χ0) is 17.5. The highest BCUT2D eigenvalue weighted by Crippen LogP contribution is 2.21. The Labute approximate surface area is 138 Å². The molecule has 2 aromatic rings. The highest BCUT2D eigenvalue weighted by molar-refractivity contribution is 5.92. The predicted molar refractivity (Wildman–Crippen MR) is 86.6 cm³/mol. The summed E-state index contributed by atoms with van der Waals surface area (Å²) in [6, 6.07) is 11.0. The molecule has 2 aromatic carbocycles. The Kier molecular flexibility index (Phi) is 5.73. The fourth-order valence-electron chi connectivity index (χ4n) is 2.01. The lowest BCUT2D eigenvalue weighted by molar-refractivity contribution is -0.384. The molecule has 2 rings (SSSR count). The number of hydrogen-bond donors (Lipinski definition) is 0. The van der Waals surface area contributed by atoms with Crippen LogP contribution < -0.4 is 9.47 Å². The van der Waals surface area contributed by atoms with Gasteiger partial charge in [-0.2, -0.15) is 0 Å². The molecule has 126 valence electrons. The van der Waals surface area contributed by atoms with Gasteiger partial charge in [0.2, 0.25) is 0 Å². The van der Waals surface area contributed by atoms with Crippen molar-refractivity contribution in [2.45, 2.75) is 6.92 Å². The van der Waals surface area contributed by atoms with Gasteiger partial charge in [0.1, 0.15) is 30.3 Å². The van der Waals surface area contributed by atoms with E-state index in [-0.39, 0.29) is 18.9 Å². The number of hydrogen-bond acceptors (Lipinski definition) is 6. The Morgan fingerprint density at radius 3 is 2.38 bits per heavy atom. The minimum Gasteiger partial charge on any atom is -0.490 e. The predicted octanol–water partition coefficient (Wildman–Crippen LogP) is 3.15. The van der Waals surface area contributed by atoms with Gasteiger partial charge < -0.3 is 14.2 Å². The van der Waals surface area contributed by atoms with E-state index in [9.17, 15) is 14.9 Å². The van der Waals surface area contributed by atoms with Gasteiger partial charge >= 0.3 is 5.97 Å². The Bertz CT molecular complexity index is 726. The van der Waals surface area contributed by atoms with E-state index in [4.69, 9.17) is 14.2 Å². The number of esters is 1. The smallest absolute Gasteiger partial charge is 0.341 e. The van der Waals surface area contributed by atoms with Crippen LogP contribution in [0.2, 0.25) is 0 Å². The maximum absolute atomic E-state index is 11.7. The number of methoxy groups -OCH3 is 1. The van der Waals surface area contributed by atoms with Crippen molar-refractivity contribution in [3.63, 3.8) is 0 Å². The normalized spacial score (nSPS) is 10.1. The molecule has 7 nitrogen and oxygen atoms in total. The van der Waals surface area contributed by atoms with E-state index in [2.05, 4.69) is 0 Å². The molecule has 0 bridgehead atoms. The lowest BCUT2D eigenvalue weighted by Crippen LogP contribution is -2.12. The van der Waals surface area contributed by atoms with E-state index >= 15 is 0 Å². The summed E-state index contributed by atoms with van der Waals surface area (Å²) in [6.45, 7) is 2.31. The van der Waals surface area contributed by atoms with Crippen LogP contribution in [0.25, 0.3) is 0 Å². The summed E-state index contributed by atoms with van der Waals surface area (Å²) in [7, 11) is 1.31. The number of nitro groups is 1. The lowest BCUT2D eigenvalue weighted by atomic mass is 10.1. The van der Waals surface area contributed by atoms with Gasteiger partial charge in [0.15, 0.2) is 0 Å². The van der Waals surface area contributed by atoms with Gasteiger partial charge in [-0.05, 0) is 31.2 Å². The number of nitro benzene ring substituents is 1. The monoisotopic (exact) mass is 331 g/mol. The molecule has 0 amide bonds. The lowest BCUT2D eigenvalue weighted by Gasteiger charge is -2.11. The SMILES string of the molecule is COC(=O)c1cc(C)ccc1OCCOc1ccc([N+](=O)[O-])cc1. The molecule has 0 unspecified atom stereocenters. The molecule has 0 aliphatic rings. The number of carbonyl (C=O) groups is 1. The Morgan fingerprint density at radius 2 is 1.75 bits per heavy atom. The third-order valence-electron chi connectivity index (χ3n) is 3.20. The highest BCUT2D eigenvalue weighted by atomic mass is 16.6. The van der Waals surface area contributed by atoms with Crippen LogP contribution in [0.15, 0.2) is 42.5 Å². The van der Waals surface area contributed by atoms with Gasteiger partial charge in [-0.25, -0.2) is 4.79 Å². The first-order valence-corrected chi connectivity index (χ1v) is 7.20. The third-order valence-corrected chi connectivity index (χ3v) is 3.20. The largest absolute Gasteiger partial charge is 0.490 e. The van der Waals surface area contributed by atoms with E-state index in [1.54, 1.807) is 12.1 Å². The van der Waals surface area contributed by atoms with Crippen molar-refractivity contribution in [2.24, 2.45) is 0 Å². The molecule has 0 saturated heterocycles. The van der Waals surface area contributed by atoms with E-state index < -0.39 is 10.9 Å². The van der Waals surface area contributed by atoms with E-state index in [0.29, 0.717) is 17.1 Å². The number of nitrogens with zero attached hydrogens (tertiary/aromatic N) is 1. The van der Waals surface area contributed by atoms with Crippen molar-refractivity contribution in [3.05, 3.63) is 63.7 Å². The first-order valence-electron chi connectivity index (χ1n) is 7.20. The van der Waals surface area contributed by atoms with Crippen molar-refractivity contribution in [2.75, 3.05) is 20.3 Å². The summed E-state index contributed by atoms with van der Waals surface area (Å²) in [5.41, 5.74) is 1.28. The van der Waals surface area contributed by atoms with E-state index in [0.717, 1.165) is 5.56 Å². The van der Waals surface area contributed by atoms with E-state index in [1.807, 2.05) is 13.0 Å². The van der Waals surface area contributed by atoms with Crippen molar-refractivity contribution >= 4 is 11.7 Å². The number of ether oxygens (including phenoxy) is 3. The summed E-state index contributed by atoms with van der Waals surface area (Å²) in [5.74, 6) is 0.450. The molecule has 0 aliphatic heterocycles. The van der Waals surface area contributed by atoms with Gasteiger partial charge in [0.25, 0.3) is 5.69 Å². The molecule has 0 atom stereocenters. The molecule has 0 heterocycles. The van der Waals surface area contributed by atoms with Crippen LogP contribution in [0.5, 0.6) is 11.5 Å². The minimum atomic E-state index is -0.474. The highest BCUT2D eigenvalue weighted by Gasteiger charge is 2.13. The van der Waals surface area contributed by atoms with Crippen LogP contribution in [-0.4, -0.2) is 31.2 Å². The zero-order valence-corrected chi connectivity index (χ0v) is 13.4. The number of rotatable bonds is 7. The van der Waals surface area contributed by atoms with Gasteiger partial charge in [-0.1, -0.05) is 11.6 Å². The van der Waals surface area contributed by atoms with Gasteiger partial charge in [-0.15, -0.1) is 0 Å². The second kappa shape index (κ2) is 7.96. The Hall–Kier alpha value is -3.09. The van der Waals surface area contributed by atoms with Crippen LogP contribution >= 0.6 is 0 Å². The molecule has 24 heavy (non-hydrogen) atoms. The summed E-state index contributed by atoms with van der Waals surface area (Å²) < 4.78 is 15.7. The summed E-state index contributed by atoms with van der Waals surface area (Å²) in [4.78, 5) is 21.8. The van der Waals surface area contributed by atoms with Crippen LogP contribution in [0.1, 0.15) is 15.9 Å². The fourth-order valence-corrected chi connectivity index (χ4v) is 2.01. The quantitative estimate of drug-likeness (QED) is 0.335. The van der Waals surface area contributed by atoms with Crippen LogP contribution in [0, 0.1) is 17.0 Å². The third kappa shape index (κ3) is 4.45. The average Bonchev–Trinajstić information content (AvgIpc) is 2.59. The molecule has 0 N–H and O–H groups in total. The number of non-ortho nitro benzene ring substituents is 1. The maximum Gasteiger partial charge on any atom is 0.341 e. The van der Waals surface area contributed by atoms with Crippen molar-refractivity contribution < 1.29 is 23.9 Å². The number of benzene rings is 2. The second-order valence-corrected chi connectivity index (χ2v) is 4.94. The van der Waals surface area contributed by atoms with Crippen LogP contribution in [0.3, 0.4) is 0 Å². The summed E-state index contributed by atoms with van der Waals surface area (Å²) in [5, 5.41) is 10.6. The van der Waals surface area contributed by atoms with Crippen molar-refractivity contribution in [1.29, 1.82) is 0 Å². The van der Waals surface area contributed by atoms with Crippen LogP contribution in [0.4, 0.5) is 5.69 Å². The standard InChI is InChI=1S/C17H17NO6/c1-12-3-8-16(15(11-12)17(19)22-2)24-10-9-23-14-6-4-13(5-7-14)18(20)21/h3-8,11H,9-10H2,1-2H3. The van der Waals surface area contributed by atoms with Crippen molar-refractivity contribution in [3.8, 4) is 11.5 Å². The van der Waals surface area contributed by atoms with Gasteiger partial charge in [0, 0.05) is 12.1 Å². The van der Waals surface area contributed by atoms with Gasteiger partial charge in [-0.3, -0.25) is 10.1 Å². The molecule has 7 heteroatoms. The summed E-state index contributed by atoms with van der Waals surface area (Å²) in [6.07, 6.45) is 0. The molecular weight excluding hydrogens is 314 g/mol. The van der Waals surface area contributed by atoms with Gasteiger partial charge in [0.05, 0.1) is 12.0 Å².